The van der Waals surface area contributed by atoms with Gasteiger partial charge in [-0.1, -0.05) is 12.8 Å². The standard InChI is InChI=1S/C18H24N2O4/c21-17(20-15-8-4-7-14(15)18(22)23)12-9-10-19-16(11-12)24-13-5-2-1-3-6-13/h9-11,13-15H,1-8H2,(H,20,21)(H,22,23)/t14-,15+/m1/s1. The lowest BCUT2D eigenvalue weighted by molar-refractivity contribution is -0.142. The molecule has 2 atom stereocenters. The second-order valence-corrected chi connectivity index (χ2v) is 6.72. The van der Waals surface area contributed by atoms with Crippen LogP contribution < -0.4 is 10.1 Å². The summed E-state index contributed by atoms with van der Waals surface area (Å²) < 4.78 is 5.89. The Morgan fingerprint density at radius 2 is 1.92 bits per heavy atom. The van der Waals surface area contributed by atoms with Gasteiger partial charge >= 0.3 is 5.97 Å². The van der Waals surface area contributed by atoms with E-state index in [-0.39, 0.29) is 18.1 Å². The van der Waals surface area contributed by atoms with Gasteiger partial charge in [0.2, 0.25) is 5.88 Å². The van der Waals surface area contributed by atoms with Gasteiger partial charge in [0.1, 0.15) is 6.10 Å². The Morgan fingerprint density at radius 3 is 2.67 bits per heavy atom. The van der Waals surface area contributed by atoms with Gasteiger partial charge in [-0.15, -0.1) is 0 Å². The Hall–Kier alpha value is -2.11. The van der Waals surface area contributed by atoms with Gasteiger partial charge in [-0.05, 0) is 44.6 Å². The maximum absolute atomic E-state index is 12.4. The summed E-state index contributed by atoms with van der Waals surface area (Å²) in [4.78, 5) is 27.8. The normalized spacial score (nSPS) is 24.5. The number of aliphatic carboxylic acids is 1. The molecule has 0 radical (unpaired) electrons. The minimum atomic E-state index is -0.839. The SMILES string of the molecule is O=C(N[C@H]1CCC[C@H]1C(=O)O)c1ccnc(OC2CCCCC2)c1. The molecule has 0 aliphatic heterocycles. The lowest BCUT2D eigenvalue weighted by atomic mass is 9.98. The summed E-state index contributed by atoms with van der Waals surface area (Å²) in [6.07, 6.45) is 9.54. The fourth-order valence-electron chi connectivity index (χ4n) is 3.65. The summed E-state index contributed by atoms with van der Waals surface area (Å²) in [5, 5.41) is 12.1. The maximum Gasteiger partial charge on any atom is 0.308 e. The second kappa shape index (κ2) is 7.64. The zero-order valence-electron chi connectivity index (χ0n) is 13.7. The molecular weight excluding hydrogens is 308 g/mol. The molecule has 0 spiro atoms. The summed E-state index contributed by atoms with van der Waals surface area (Å²) >= 11 is 0. The molecule has 1 amide bonds. The Labute approximate surface area is 141 Å². The van der Waals surface area contributed by atoms with Gasteiger partial charge in [-0.25, -0.2) is 4.98 Å². The van der Waals surface area contributed by atoms with Gasteiger partial charge in [-0.2, -0.15) is 0 Å². The topological polar surface area (TPSA) is 88.5 Å². The summed E-state index contributed by atoms with van der Waals surface area (Å²) in [5.41, 5.74) is 0.465. The van der Waals surface area contributed by atoms with E-state index >= 15 is 0 Å². The van der Waals surface area contributed by atoms with Crippen LogP contribution in [0.1, 0.15) is 61.7 Å². The number of carboxylic acid groups (broad SMARTS) is 1. The third-order valence-corrected chi connectivity index (χ3v) is 4.99. The van der Waals surface area contributed by atoms with Crippen molar-refractivity contribution in [3.63, 3.8) is 0 Å². The minimum absolute atomic E-state index is 0.177. The summed E-state index contributed by atoms with van der Waals surface area (Å²) in [6.45, 7) is 0. The van der Waals surface area contributed by atoms with Crippen molar-refractivity contribution >= 4 is 11.9 Å². The van der Waals surface area contributed by atoms with Crippen molar-refractivity contribution in [3.8, 4) is 5.88 Å². The van der Waals surface area contributed by atoms with E-state index < -0.39 is 11.9 Å². The van der Waals surface area contributed by atoms with Crippen LogP contribution in [-0.2, 0) is 4.79 Å². The van der Waals surface area contributed by atoms with Crippen LogP contribution in [0.25, 0.3) is 0 Å². The summed E-state index contributed by atoms with van der Waals surface area (Å²) in [5.74, 6) is -1.12. The number of hydrogen-bond acceptors (Lipinski definition) is 4. The molecule has 0 saturated heterocycles. The van der Waals surface area contributed by atoms with Crippen LogP contribution >= 0.6 is 0 Å². The Balaban J connectivity index is 1.62. The number of rotatable bonds is 5. The number of carbonyl (C=O) groups is 2. The Bertz CT molecular complexity index is 598. The van der Waals surface area contributed by atoms with Crippen molar-refractivity contribution in [1.82, 2.24) is 10.3 Å². The summed E-state index contributed by atoms with van der Waals surface area (Å²) in [7, 11) is 0. The molecular formula is C18H24N2O4. The molecule has 0 unspecified atom stereocenters. The molecule has 1 aromatic rings. The highest BCUT2D eigenvalue weighted by Crippen LogP contribution is 2.26. The molecule has 2 fully saturated rings. The number of nitrogens with zero attached hydrogens (tertiary/aromatic N) is 1. The van der Waals surface area contributed by atoms with E-state index in [9.17, 15) is 14.7 Å². The van der Waals surface area contributed by atoms with E-state index in [0.29, 0.717) is 24.3 Å². The molecule has 2 saturated carbocycles. The highest BCUT2D eigenvalue weighted by atomic mass is 16.5. The predicted octanol–water partition coefficient (Wildman–Crippen LogP) is 2.78. The van der Waals surface area contributed by atoms with Crippen molar-refractivity contribution in [3.05, 3.63) is 23.9 Å². The van der Waals surface area contributed by atoms with Crippen LogP contribution in [0, 0.1) is 5.92 Å². The molecule has 130 valence electrons. The van der Waals surface area contributed by atoms with Crippen LogP contribution in [0.3, 0.4) is 0 Å². The number of carbonyl (C=O) groups excluding carboxylic acids is 1. The molecule has 1 heterocycles. The van der Waals surface area contributed by atoms with Gasteiger partial charge in [-0.3, -0.25) is 9.59 Å². The van der Waals surface area contributed by atoms with E-state index in [1.807, 2.05) is 0 Å². The minimum Gasteiger partial charge on any atom is -0.481 e. The Kier molecular flexibility index (Phi) is 5.33. The van der Waals surface area contributed by atoms with Crippen LogP contribution in [0.5, 0.6) is 5.88 Å². The fraction of sp³-hybridized carbons (Fsp3) is 0.611. The first-order valence-electron chi connectivity index (χ1n) is 8.80. The van der Waals surface area contributed by atoms with Gasteiger partial charge < -0.3 is 15.2 Å². The third kappa shape index (κ3) is 4.04. The van der Waals surface area contributed by atoms with Gasteiger partial charge in [0.25, 0.3) is 5.91 Å². The van der Waals surface area contributed by atoms with Gasteiger partial charge in [0.05, 0.1) is 5.92 Å². The number of carboxylic acids is 1. The van der Waals surface area contributed by atoms with E-state index in [1.165, 1.54) is 19.3 Å². The average molecular weight is 332 g/mol. The van der Waals surface area contributed by atoms with Crippen molar-refractivity contribution in [2.75, 3.05) is 0 Å². The van der Waals surface area contributed by atoms with E-state index in [0.717, 1.165) is 19.3 Å². The molecule has 3 rings (SSSR count). The smallest absolute Gasteiger partial charge is 0.308 e. The first kappa shape index (κ1) is 16.7. The number of nitrogens with one attached hydrogen (secondary N) is 1. The summed E-state index contributed by atoms with van der Waals surface area (Å²) in [6, 6.07) is 2.98. The van der Waals surface area contributed by atoms with Gasteiger partial charge in [0, 0.05) is 23.9 Å². The molecule has 2 N–H and O–H groups in total. The van der Waals surface area contributed by atoms with Crippen LogP contribution in [-0.4, -0.2) is 34.1 Å². The van der Waals surface area contributed by atoms with Crippen molar-refractivity contribution in [1.29, 1.82) is 0 Å². The lowest BCUT2D eigenvalue weighted by Crippen LogP contribution is -2.40. The highest BCUT2D eigenvalue weighted by molar-refractivity contribution is 5.94. The second-order valence-electron chi connectivity index (χ2n) is 6.72. The molecule has 6 heteroatoms. The van der Waals surface area contributed by atoms with Crippen LogP contribution in [0.4, 0.5) is 0 Å². The van der Waals surface area contributed by atoms with Crippen molar-refractivity contribution in [2.45, 2.75) is 63.5 Å². The fourth-order valence-corrected chi connectivity index (χ4v) is 3.65. The van der Waals surface area contributed by atoms with Crippen molar-refractivity contribution < 1.29 is 19.4 Å². The molecule has 6 nitrogen and oxygen atoms in total. The highest BCUT2D eigenvalue weighted by Gasteiger charge is 2.34. The van der Waals surface area contributed by atoms with E-state index in [1.54, 1.807) is 18.3 Å². The molecule has 2 aliphatic rings. The molecule has 1 aromatic heterocycles. The van der Waals surface area contributed by atoms with E-state index in [4.69, 9.17) is 4.74 Å². The first-order chi connectivity index (χ1) is 11.6. The lowest BCUT2D eigenvalue weighted by Gasteiger charge is -2.22. The average Bonchev–Trinajstić information content (AvgIpc) is 3.04. The number of ether oxygens (including phenoxy) is 1. The number of aromatic nitrogens is 1. The maximum atomic E-state index is 12.4. The van der Waals surface area contributed by atoms with Gasteiger partial charge in [0.15, 0.2) is 0 Å². The number of amides is 1. The molecule has 0 bridgehead atoms. The molecule has 24 heavy (non-hydrogen) atoms. The zero-order chi connectivity index (χ0) is 16.9. The first-order valence-corrected chi connectivity index (χ1v) is 8.80. The largest absolute Gasteiger partial charge is 0.481 e. The van der Waals surface area contributed by atoms with Crippen LogP contribution in [0.15, 0.2) is 18.3 Å². The van der Waals surface area contributed by atoms with E-state index in [2.05, 4.69) is 10.3 Å². The quantitative estimate of drug-likeness (QED) is 0.865. The van der Waals surface area contributed by atoms with Crippen molar-refractivity contribution in [2.24, 2.45) is 5.92 Å². The zero-order valence-corrected chi connectivity index (χ0v) is 13.7. The monoisotopic (exact) mass is 332 g/mol. The number of hydrogen-bond donors (Lipinski definition) is 2. The third-order valence-electron chi connectivity index (χ3n) is 4.99. The van der Waals surface area contributed by atoms with Crippen LogP contribution in [0.2, 0.25) is 0 Å². The molecule has 0 aromatic carbocycles. The Morgan fingerprint density at radius 1 is 1.12 bits per heavy atom. The predicted molar refractivity (Wildman–Crippen MR) is 88.0 cm³/mol. The molecule has 2 aliphatic carbocycles. The number of pyridine rings is 1.